The van der Waals surface area contributed by atoms with E-state index in [-0.39, 0.29) is 12.5 Å². The highest BCUT2D eigenvalue weighted by Gasteiger charge is 2.32. The van der Waals surface area contributed by atoms with Crippen LogP contribution >= 0.6 is 0 Å². The maximum absolute atomic E-state index is 13.5. The number of carbonyl (C=O) groups is 1. The van der Waals surface area contributed by atoms with Gasteiger partial charge < -0.3 is 10.6 Å². The lowest BCUT2D eigenvalue weighted by Gasteiger charge is -2.28. The van der Waals surface area contributed by atoms with Gasteiger partial charge in [-0.2, -0.15) is 13.2 Å². The zero-order chi connectivity index (χ0) is 23.4. The SMILES string of the molecule is N[C@H](C(=O)N(CCc1ccc(C(F)(F)F)nc1)c1ccc2c(c1)CCCC2)c1ccccc1. The molecule has 0 bridgehead atoms. The Bertz CT molecular complexity index is 1100. The van der Waals surface area contributed by atoms with Gasteiger partial charge in [-0.05, 0) is 72.6 Å². The molecule has 1 heterocycles. The molecule has 4 nitrogen and oxygen atoms in total. The van der Waals surface area contributed by atoms with Crippen LogP contribution in [0.3, 0.4) is 0 Å². The summed E-state index contributed by atoms with van der Waals surface area (Å²) in [5, 5.41) is 0. The summed E-state index contributed by atoms with van der Waals surface area (Å²) >= 11 is 0. The molecule has 0 saturated heterocycles. The standard InChI is InChI=1S/C26H26F3N3O/c27-26(28,29)23-13-10-18(17-31-23)14-15-32(25(33)24(30)20-7-2-1-3-8-20)22-12-11-19-6-4-5-9-21(19)16-22/h1-3,7-8,10-13,16-17,24H,4-6,9,14-15,30H2/t24-/m0/s1. The molecule has 0 spiro atoms. The number of nitrogens with zero attached hydrogens (tertiary/aromatic N) is 2. The summed E-state index contributed by atoms with van der Waals surface area (Å²) < 4.78 is 38.5. The fourth-order valence-corrected chi connectivity index (χ4v) is 4.21. The minimum atomic E-state index is -4.48. The molecule has 2 N–H and O–H groups in total. The lowest BCUT2D eigenvalue weighted by atomic mass is 9.91. The number of aryl methyl sites for hydroxylation is 2. The highest BCUT2D eigenvalue weighted by Crippen LogP contribution is 2.29. The summed E-state index contributed by atoms with van der Waals surface area (Å²) in [5.41, 5.74) is 10.0. The second-order valence-electron chi connectivity index (χ2n) is 8.34. The molecule has 1 aromatic heterocycles. The topological polar surface area (TPSA) is 59.2 Å². The van der Waals surface area contributed by atoms with Crippen molar-refractivity contribution in [3.8, 4) is 0 Å². The average Bonchev–Trinajstić information content (AvgIpc) is 2.83. The van der Waals surface area contributed by atoms with Crippen molar-refractivity contribution in [3.63, 3.8) is 0 Å². The van der Waals surface area contributed by atoms with Crippen LogP contribution < -0.4 is 10.6 Å². The lowest BCUT2D eigenvalue weighted by molar-refractivity contribution is -0.141. The number of alkyl halides is 3. The molecule has 1 atom stereocenters. The summed E-state index contributed by atoms with van der Waals surface area (Å²) in [6.07, 6.45) is 1.38. The van der Waals surface area contributed by atoms with Gasteiger partial charge in [0.1, 0.15) is 11.7 Å². The van der Waals surface area contributed by atoms with Crippen LogP contribution in [-0.2, 0) is 30.2 Å². The minimum Gasteiger partial charge on any atom is -0.316 e. The predicted octanol–water partition coefficient (Wildman–Crippen LogP) is 5.25. The number of nitrogens with two attached hydrogens (primary N) is 1. The third-order valence-corrected chi connectivity index (χ3v) is 6.07. The molecule has 7 heteroatoms. The highest BCUT2D eigenvalue weighted by atomic mass is 19.4. The maximum Gasteiger partial charge on any atom is 0.433 e. The summed E-state index contributed by atoms with van der Waals surface area (Å²) in [6.45, 7) is 0.283. The molecule has 0 aliphatic heterocycles. The summed E-state index contributed by atoms with van der Waals surface area (Å²) in [4.78, 5) is 18.6. The molecule has 1 aliphatic carbocycles. The molecule has 0 saturated carbocycles. The van der Waals surface area contributed by atoms with Crippen molar-refractivity contribution in [1.29, 1.82) is 0 Å². The molecule has 33 heavy (non-hydrogen) atoms. The first kappa shape index (κ1) is 23.0. The quantitative estimate of drug-likeness (QED) is 0.554. The zero-order valence-electron chi connectivity index (χ0n) is 18.2. The fourth-order valence-electron chi connectivity index (χ4n) is 4.21. The van der Waals surface area contributed by atoms with Crippen LogP contribution in [0.5, 0.6) is 0 Å². The second kappa shape index (κ2) is 9.75. The van der Waals surface area contributed by atoms with E-state index in [0.29, 0.717) is 17.5 Å². The number of rotatable bonds is 6. The van der Waals surface area contributed by atoms with Crippen molar-refractivity contribution in [2.24, 2.45) is 5.73 Å². The Morgan fingerprint density at radius 1 is 1.00 bits per heavy atom. The van der Waals surface area contributed by atoms with Gasteiger partial charge >= 0.3 is 6.18 Å². The Kier molecular flexibility index (Phi) is 6.79. The maximum atomic E-state index is 13.5. The summed E-state index contributed by atoms with van der Waals surface area (Å²) in [5.74, 6) is -0.253. The second-order valence-corrected chi connectivity index (χ2v) is 8.34. The van der Waals surface area contributed by atoms with Crippen molar-refractivity contribution in [2.45, 2.75) is 44.3 Å². The molecule has 0 radical (unpaired) electrons. The largest absolute Gasteiger partial charge is 0.433 e. The van der Waals surface area contributed by atoms with E-state index in [4.69, 9.17) is 5.73 Å². The molecule has 4 rings (SSSR count). The number of hydrogen-bond acceptors (Lipinski definition) is 3. The third kappa shape index (κ3) is 5.42. The van der Waals surface area contributed by atoms with Gasteiger partial charge in [-0.25, -0.2) is 0 Å². The number of carbonyl (C=O) groups excluding carboxylic acids is 1. The van der Waals surface area contributed by atoms with Crippen LogP contribution in [-0.4, -0.2) is 17.4 Å². The number of fused-ring (bicyclic) bond motifs is 1. The summed E-state index contributed by atoms with van der Waals surface area (Å²) in [7, 11) is 0. The van der Waals surface area contributed by atoms with E-state index in [1.165, 1.54) is 23.4 Å². The van der Waals surface area contributed by atoms with Gasteiger partial charge in [0.25, 0.3) is 0 Å². The van der Waals surface area contributed by atoms with E-state index in [1.807, 2.05) is 36.4 Å². The van der Waals surface area contributed by atoms with Gasteiger partial charge in [0.15, 0.2) is 0 Å². The van der Waals surface area contributed by atoms with Crippen LogP contribution in [0, 0.1) is 0 Å². The molecule has 0 fully saturated rings. The van der Waals surface area contributed by atoms with Crippen molar-refractivity contribution < 1.29 is 18.0 Å². The van der Waals surface area contributed by atoms with Gasteiger partial charge in [0, 0.05) is 18.4 Å². The normalized spacial score (nSPS) is 14.4. The Balaban J connectivity index is 1.59. The van der Waals surface area contributed by atoms with Crippen LogP contribution in [0.1, 0.15) is 46.8 Å². The fraction of sp³-hybridized carbons (Fsp3) is 0.308. The van der Waals surface area contributed by atoms with Crippen LogP contribution in [0.15, 0.2) is 66.9 Å². The third-order valence-electron chi connectivity index (χ3n) is 6.07. The smallest absolute Gasteiger partial charge is 0.316 e. The number of aromatic nitrogens is 1. The number of pyridine rings is 1. The van der Waals surface area contributed by atoms with Gasteiger partial charge in [0.2, 0.25) is 5.91 Å². The van der Waals surface area contributed by atoms with E-state index >= 15 is 0 Å². The van der Waals surface area contributed by atoms with Crippen LogP contribution in [0.4, 0.5) is 18.9 Å². The molecule has 3 aromatic rings. The number of amides is 1. The van der Waals surface area contributed by atoms with Crippen LogP contribution in [0.2, 0.25) is 0 Å². The van der Waals surface area contributed by atoms with Crippen molar-refractivity contribution in [1.82, 2.24) is 4.98 Å². The van der Waals surface area contributed by atoms with Crippen molar-refractivity contribution >= 4 is 11.6 Å². The van der Waals surface area contributed by atoms with Crippen LogP contribution in [0.25, 0.3) is 0 Å². The Labute approximate surface area is 191 Å². The first-order valence-electron chi connectivity index (χ1n) is 11.1. The lowest BCUT2D eigenvalue weighted by Crippen LogP contribution is -2.40. The van der Waals surface area contributed by atoms with Gasteiger partial charge in [-0.3, -0.25) is 9.78 Å². The number of benzene rings is 2. The van der Waals surface area contributed by atoms with Gasteiger partial charge in [-0.1, -0.05) is 42.5 Å². The minimum absolute atomic E-state index is 0.253. The molecule has 0 unspecified atom stereocenters. The summed E-state index contributed by atoms with van der Waals surface area (Å²) in [6, 6.07) is 16.7. The highest BCUT2D eigenvalue weighted by molar-refractivity contribution is 5.97. The van der Waals surface area contributed by atoms with E-state index < -0.39 is 17.9 Å². The predicted molar refractivity (Wildman–Crippen MR) is 122 cm³/mol. The molecule has 2 aromatic carbocycles. The van der Waals surface area contributed by atoms with E-state index in [9.17, 15) is 18.0 Å². The number of hydrogen-bond donors (Lipinski definition) is 1. The van der Waals surface area contributed by atoms with Crippen molar-refractivity contribution in [2.75, 3.05) is 11.4 Å². The Morgan fingerprint density at radius 3 is 2.39 bits per heavy atom. The first-order valence-corrected chi connectivity index (χ1v) is 11.1. The number of halogens is 3. The average molecular weight is 454 g/mol. The monoisotopic (exact) mass is 453 g/mol. The van der Waals surface area contributed by atoms with E-state index in [2.05, 4.69) is 17.1 Å². The number of anilines is 1. The molecular weight excluding hydrogens is 427 g/mol. The zero-order valence-corrected chi connectivity index (χ0v) is 18.2. The van der Waals surface area contributed by atoms with Gasteiger partial charge in [-0.15, -0.1) is 0 Å². The van der Waals surface area contributed by atoms with E-state index in [0.717, 1.165) is 37.4 Å². The first-order chi connectivity index (χ1) is 15.8. The van der Waals surface area contributed by atoms with Gasteiger partial charge in [0.05, 0.1) is 0 Å². The van der Waals surface area contributed by atoms with E-state index in [1.54, 1.807) is 4.90 Å². The Morgan fingerprint density at radius 2 is 1.73 bits per heavy atom. The van der Waals surface area contributed by atoms with Crippen molar-refractivity contribution in [3.05, 3.63) is 94.8 Å². The molecule has 1 aliphatic rings. The molecule has 1 amide bonds. The molecule has 172 valence electrons. The Hall–Kier alpha value is -3.19. The molecular formula is C26H26F3N3O.